The summed E-state index contributed by atoms with van der Waals surface area (Å²) in [6, 6.07) is 18.0. The molecule has 0 radical (unpaired) electrons. The minimum Gasteiger partial charge on any atom is -0.461 e. The molecule has 0 saturated heterocycles. The fraction of sp³-hybridized carbons (Fsp3) is 0.440. The first-order valence-electron chi connectivity index (χ1n) is 10.5. The fourth-order valence-electron chi connectivity index (χ4n) is 3.31. The third-order valence-electron chi connectivity index (χ3n) is 5.16. The van der Waals surface area contributed by atoms with Crippen LogP contribution in [-0.4, -0.2) is 25.2 Å². The first-order chi connectivity index (χ1) is 14.1. The number of benzene rings is 2. The number of ether oxygens (including phenoxy) is 2. The van der Waals surface area contributed by atoms with Gasteiger partial charge in [0, 0.05) is 5.41 Å². The Hall–Kier alpha value is -2.62. The van der Waals surface area contributed by atoms with E-state index in [0.29, 0.717) is 11.1 Å². The highest BCUT2D eigenvalue weighted by atomic mass is 16.5. The van der Waals surface area contributed by atoms with Crippen molar-refractivity contribution in [3.63, 3.8) is 0 Å². The van der Waals surface area contributed by atoms with E-state index in [4.69, 9.17) is 9.47 Å². The summed E-state index contributed by atoms with van der Waals surface area (Å²) in [5.41, 5.74) is 0.711. The van der Waals surface area contributed by atoms with Crippen LogP contribution in [-0.2, 0) is 9.47 Å². The Morgan fingerprint density at radius 1 is 0.690 bits per heavy atom. The van der Waals surface area contributed by atoms with Gasteiger partial charge in [-0.15, -0.1) is 0 Å². The molecule has 0 aliphatic heterocycles. The van der Waals surface area contributed by atoms with Gasteiger partial charge in [-0.05, 0) is 37.1 Å². The Morgan fingerprint density at radius 3 is 1.41 bits per heavy atom. The van der Waals surface area contributed by atoms with E-state index in [1.54, 1.807) is 24.3 Å². The minimum atomic E-state index is -0.360. The lowest BCUT2D eigenvalue weighted by molar-refractivity contribution is -0.0138. The van der Waals surface area contributed by atoms with Crippen molar-refractivity contribution in [3.8, 4) is 0 Å². The van der Waals surface area contributed by atoms with Crippen molar-refractivity contribution in [3.05, 3.63) is 71.8 Å². The number of esters is 2. The molecule has 0 amide bonds. The molecular formula is C25H32O4. The van der Waals surface area contributed by atoms with Crippen LogP contribution in [0.1, 0.15) is 73.1 Å². The maximum Gasteiger partial charge on any atom is 0.338 e. The summed E-state index contributed by atoms with van der Waals surface area (Å²) in [4.78, 5) is 24.9. The Morgan fingerprint density at radius 2 is 1.07 bits per heavy atom. The summed E-state index contributed by atoms with van der Waals surface area (Å²) in [6.07, 6.45) is 5.77. The summed E-state index contributed by atoms with van der Waals surface area (Å²) in [5, 5.41) is 0. The number of rotatable bonds is 12. The van der Waals surface area contributed by atoms with Crippen LogP contribution in [0.2, 0.25) is 0 Å². The van der Waals surface area contributed by atoms with E-state index in [2.05, 4.69) is 13.8 Å². The van der Waals surface area contributed by atoms with Gasteiger partial charge < -0.3 is 9.47 Å². The Labute approximate surface area is 174 Å². The molecule has 0 aliphatic carbocycles. The Kier molecular flexibility index (Phi) is 9.42. The maximum atomic E-state index is 12.5. The van der Waals surface area contributed by atoms with Gasteiger partial charge >= 0.3 is 11.9 Å². The van der Waals surface area contributed by atoms with E-state index in [1.807, 2.05) is 36.4 Å². The van der Waals surface area contributed by atoms with E-state index < -0.39 is 0 Å². The highest BCUT2D eigenvalue weighted by Gasteiger charge is 2.33. The van der Waals surface area contributed by atoms with Gasteiger partial charge in [0.25, 0.3) is 0 Å². The van der Waals surface area contributed by atoms with Gasteiger partial charge in [-0.25, -0.2) is 9.59 Å². The molecule has 156 valence electrons. The van der Waals surface area contributed by atoms with Crippen LogP contribution >= 0.6 is 0 Å². The van der Waals surface area contributed by atoms with Gasteiger partial charge in [0.2, 0.25) is 0 Å². The molecule has 0 aromatic heterocycles. The second kappa shape index (κ2) is 12.1. The largest absolute Gasteiger partial charge is 0.461 e. The first kappa shape index (κ1) is 22.7. The molecule has 0 aliphatic rings. The SMILES string of the molecule is CCCCC(CCCC)(COC(=O)c1ccccc1)COC(=O)c1ccccc1. The highest BCUT2D eigenvalue weighted by Crippen LogP contribution is 2.33. The summed E-state index contributed by atoms with van der Waals surface area (Å²) >= 11 is 0. The van der Waals surface area contributed by atoms with E-state index in [-0.39, 0.29) is 30.6 Å². The quantitative estimate of drug-likeness (QED) is 0.409. The van der Waals surface area contributed by atoms with Crippen molar-refractivity contribution in [1.29, 1.82) is 0 Å². The third kappa shape index (κ3) is 7.37. The predicted molar refractivity (Wildman–Crippen MR) is 115 cm³/mol. The summed E-state index contributed by atoms with van der Waals surface area (Å²) in [6.45, 7) is 4.78. The Bertz CT molecular complexity index is 674. The average Bonchev–Trinajstić information content (AvgIpc) is 2.78. The first-order valence-corrected chi connectivity index (χ1v) is 10.5. The number of carbonyl (C=O) groups excluding carboxylic acids is 2. The Balaban J connectivity index is 2.09. The van der Waals surface area contributed by atoms with Gasteiger partial charge in [0.15, 0.2) is 0 Å². The highest BCUT2D eigenvalue weighted by molar-refractivity contribution is 5.89. The molecule has 0 saturated carbocycles. The predicted octanol–water partition coefficient (Wildman–Crippen LogP) is 6.07. The van der Waals surface area contributed by atoms with Crippen molar-refractivity contribution in [2.24, 2.45) is 5.41 Å². The van der Waals surface area contributed by atoms with Crippen LogP contribution in [0.3, 0.4) is 0 Å². The molecule has 0 unspecified atom stereocenters. The van der Waals surface area contributed by atoms with E-state index in [1.165, 1.54) is 0 Å². The fourth-order valence-corrected chi connectivity index (χ4v) is 3.31. The molecule has 4 heteroatoms. The van der Waals surface area contributed by atoms with E-state index in [0.717, 1.165) is 38.5 Å². The van der Waals surface area contributed by atoms with Crippen LogP contribution in [0.5, 0.6) is 0 Å². The van der Waals surface area contributed by atoms with Gasteiger partial charge in [0.1, 0.15) is 13.2 Å². The molecule has 2 rings (SSSR count). The van der Waals surface area contributed by atoms with Crippen LogP contribution in [0.4, 0.5) is 0 Å². The number of hydrogen-bond acceptors (Lipinski definition) is 4. The molecule has 4 nitrogen and oxygen atoms in total. The van der Waals surface area contributed by atoms with Gasteiger partial charge in [-0.2, -0.15) is 0 Å². The number of carbonyl (C=O) groups is 2. The van der Waals surface area contributed by atoms with Crippen LogP contribution in [0.25, 0.3) is 0 Å². The second-order valence-electron chi connectivity index (χ2n) is 7.59. The second-order valence-corrected chi connectivity index (χ2v) is 7.59. The topological polar surface area (TPSA) is 52.6 Å². The van der Waals surface area contributed by atoms with Gasteiger partial charge in [-0.1, -0.05) is 75.9 Å². The van der Waals surface area contributed by atoms with Crippen LogP contribution in [0.15, 0.2) is 60.7 Å². The zero-order valence-electron chi connectivity index (χ0n) is 17.6. The minimum absolute atomic E-state index is 0.253. The zero-order chi connectivity index (χ0) is 21.0. The van der Waals surface area contributed by atoms with Crippen molar-refractivity contribution in [2.45, 2.75) is 52.4 Å². The molecule has 29 heavy (non-hydrogen) atoms. The van der Waals surface area contributed by atoms with Crippen molar-refractivity contribution in [1.82, 2.24) is 0 Å². The molecule has 0 heterocycles. The molecule has 0 bridgehead atoms. The molecule has 2 aromatic carbocycles. The van der Waals surface area contributed by atoms with Crippen molar-refractivity contribution < 1.29 is 19.1 Å². The standard InChI is InChI=1S/C25H32O4/c1-3-5-17-25(18-6-4-2,19-28-23(26)21-13-9-7-10-14-21)20-29-24(27)22-15-11-8-12-16-22/h7-16H,3-6,17-20H2,1-2H3. The normalized spacial score (nSPS) is 11.1. The average molecular weight is 397 g/mol. The summed E-state index contributed by atoms with van der Waals surface area (Å²) < 4.78 is 11.4. The summed E-state index contributed by atoms with van der Waals surface area (Å²) in [7, 11) is 0. The number of hydrogen-bond donors (Lipinski definition) is 0. The monoisotopic (exact) mass is 396 g/mol. The lowest BCUT2D eigenvalue weighted by Gasteiger charge is -2.33. The molecule has 0 atom stereocenters. The van der Waals surface area contributed by atoms with Crippen molar-refractivity contribution >= 4 is 11.9 Å². The molecule has 0 N–H and O–H groups in total. The molecule has 0 fully saturated rings. The van der Waals surface area contributed by atoms with Gasteiger partial charge in [0.05, 0.1) is 11.1 Å². The molecule has 0 spiro atoms. The van der Waals surface area contributed by atoms with Crippen LogP contribution < -0.4 is 0 Å². The lowest BCUT2D eigenvalue weighted by Crippen LogP contribution is -2.35. The third-order valence-corrected chi connectivity index (χ3v) is 5.16. The maximum absolute atomic E-state index is 12.5. The number of unbranched alkanes of at least 4 members (excludes halogenated alkanes) is 2. The molecule has 2 aromatic rings. The smallest absolute Gasteiger partial charge is 0.338 e. The molecular weight excluding hydrogens is 364 g/mol. The van der Waals surface area contributed by atoms with E-state index >= 15 is 0 Å². The lowest BCUT2D eigenvalue weighted by atomic mass is 9.79. The van der Waals surface area contributed by atoms with E-state index in [9.17, 15) is 9.59 Å². The summed E-state index contributed by atoms with van der Waals surface area (Å²) in [5.74, 6) is -0.672. The van der Waals surface area contributed by atoms with Crippen LogP contribution in [0, 0.1) is 5.41 Å². The van der Waals surface area contributed by atoms with Crippen molar-refractivity contribution in [2.75, 3.05) is 13.2 Å². The van der Waals surface area contributed by atoms with Gasteiger partial charge in [-0.3, -0.25) is 0 Å². The zero-order valence-corrected chi connectivity index (χ0v) is 17.6.